The molecule has 2 aromatic carbocycles. The summed E-state index contributed by atoms with van der Waals surface area (Å²) in [6, 6.07) is 10.8. The maximum Gasteiger partial charge on any atom is 0.271 e. The van der Waals surface area contributed by atoms with Gasteiger partial charge in [-0.05, 0) is 38.0 Å². The minimum absolute atomic E-state index is 0.0147. The van der Waals surface area contributed by atoms with Crippen molar-refractivity contribution < 1.29 is 14.5 Å². The van der Waals surface area contributed by atoms with Crippen LogP contribution in [0.1, 0.15) is 48.6 Å². The van der Waals surface area contributed by atoms with Crippen LogP contribution < -0.4 is 10.6 Å². The lowest BCUT2D eigenvalue weighted by Crippen LogP contribution is -2.33. The molecule has 0 radical (unpaired) electrons. The average Bonchev–Trinajstić information content (AvgIpc) is 3.24. The van der Waals surface area contributed by atoms with Gasteiger partial charge in [0.25, 0.3) is 11.6 Å². The third kappa shape index (κ3) is 6.61. The Kier molecular flexibility index (Phi) is 9.05. The number of hydrogen-bond acceptors (Lipinski definition) is 7. The molecule has 0 saturated heterocycles. The first-order chi connectivity index (χ1) is 17.1. The Bertz CT molecular complexity index is 1280. The second-order valence-electron chi connectivity index (χ2n) is 8.41. The molecular formula is C24H27ClN6O4S. The van der Waals surface area contributed by atoms with E-state index in [1.807, 2.05) is 50.5 Å². The lowest BCUT2D eigenvalue weighted by molar-refractivity contribution is -0.384. The Morgan fingerprint density at radius 2 is 1.94 bits per heavy atom. The van der Waals surface area contributed by atoms with Gasteiger partial charge in [-0.3, -0.25) is 19.7 Å². The second kappa shape index (κ2) is 12.0. The fourth-order valence-electron chi connectivity index (χ4n) is 3.51. The quantitative estimate of drug-likeness (QED) is 0.213. The summed E-state index contributed by atoms with van der Waals surface area (Å²) in [4.78, 5) is 35.9. The third-order valence-electron chi connectivity index (χ3n) is 5.34. The van der Waals surface area contributed by atoms with Crippen LogP contribution in [0, 0.1) is 23.0 Å². The molecule has 0 aliphatic rings. The predicted octanol–water partition coefficient (Wildman–Crippen LogP) is 5.03. The summed E-state index contributed by atoms with van der Waals surface area (Å²) >= 11 is 7.24. The van der Waals surface area contributed by atoms with Gasteiger partial charge >= 0.3 is 0 Å². The van der Waals surface area contributed by atoms with Crippen LogP contribution in [0.2, 0.25) is 5.02 Å². The number of carbonyl (C=O) groups is 2. The summed E-state index contributed by atoms with van der Waals surface area (Å²) in [5.74, 6) is 0.0101. The zero-order valence-corrected chi connectivity index (χ0v) is 21.9. The van der Waals surface area contributed by atoms with Crippen molar-refractivity contribution in [3.63, 3.8) is 0 Å². The van der Waals surface area contributed by atoms with Gasteiger partial charge in [-0.25, -0.2) is 0 Å². The number of nitrogens with zero attached hydrogens (tertiary/aromatic N) is 4. The summed E-state index contributed by atoms with van der Waals surface area (Å²) in [6.45, 7) is 8.36. The summed E-state index contributed by atoms with van der Waals surface area (Å²) < 4.78 is 1.86. The molecule has 2 N–H and O–H groups in total. The van der Waals surface area contributed by atoms with E-state index in [2.05, 4.69) is 20.8 Å². The van der Waals surface area contributed by atoms with E-state index < -0.39 is 16.9 Å². The normalized spacial score (nSPS) is 11.8. The highest BCUT2D eigenvalue weighted by atomic mass is 35.5. The molecule has 0 spiro atoms. The third-order valence-corrected chi connectivity index (χ3v) is 6.64. The van der Waals surface area contributed by atoms with Crippen molar-refractivity contribution in [2.75, 3.05) is 11.1 Å². The molecular weight excluding hydrogens is 504 g/mol. The van der Waals surface area contributed by atoms with E-state index in [1.54, 1.807) is 6.07 Å². The number of hydrogen-bond donors (Lipinski definition) is 2. The minimum Gasteiger partial charge on any atom is -0.342 e. The summed E-state index contributed by atoms with van der Waals surface area (Å²) in [5.41, 5.74) is 1.54. The van der Waals surface area contributed by atoms with Gasteiger partial charge in [-0.2, -0.15) is 0 Å². The van der Waals surface area contributed by atoms with Crippen molar-refractivity contribution in [3.05, 3.63) is 74.6 Å². The number of rotatable bonds is 10. The van der Waals surface area contributed by atoms with Crippen LogP contribution in [0.3, 0.4) is 0 Å². The average molecular weight is 531 g/mol. The van der Waals surface area contributed by atoms with E-state index >= 15 is 0 Å². The van der Waals surface area contributed by atoms with Gasteiger partial charge < -0.3 is 15.2 Å². The van der Waals surface area contributed by atoms with Gasteiger partial charge in [0.1, 0.15) is 0 Å². The van der Waals surface area contributed by atoms with Crippen LogP contribution in [-0.4, -0.2) is 37.3 Å². The maximum absolute atomic E-state index is 12.9. The van der Waals surface area contributed by atoms with Crippen LogP contribution >= 0.6 is 23.4 Å². The lowest BCUT2D eigenvalue weighted by atomic mass is 10.0. The van der Waals surface area contributed by atoms with E-state index in [4.69, 9.17) is 11.6 Å². The number of aromatic nitrogens is 3. The largest absolute Gasteiger partial charge is 0.342 e. The number of non-ortho nitro benzene ring substituents is 1. The van der Waals surface area contributed by atoms with Crippen molar-refractivity contribution in [1.29, 1.82) is 0 Å². The standard InChI is InChI=1S/C24H27ClN6O4S/c1-5-30-22(21(14(2)3)27-23(33)16-8-6-7-15(4)11-16)28-29-24(30)36-13-20(32)26-19-12-17(31(34)35)9-10-18(19)25/h6-12,14,21H,5,13H2,1-4H3,(H,26,32)(H,27,33)/t21-/m0/s1. The van der Waals surface area contributed by atoms with E-state index in [1.165, 1.54) is 30.0 Å². The second-order valence-corrected chi connectivity index (χ2v) is 9.76. The van der Waals surface area contributed by atoms with Gasteiger partial charge in [-0.15, -0.1) is 10.2 Å². The Hall–Kier alpha value is -3.44. The van der Waals surface area contributed by atoms with Gasteiger partial charge in [0, 0.05) is 24.2 Å². The molecule has 0 bridgehead atoms. The first-order valence-electron chi connectivity index (χ1n) is 11.3. The zero-order chi connectivity index (χ0) is 26.4. The highest BCUT2D eigenvalue weighted by Gasteiger charge is 2.26. The molecule has 0 saturated carbocycles. The molecule has 2 amide bonds. The number of benzene rings is 2. The highest BCUT2D eigenvalue weighted by molar-refractivity contribution is 7.99. The monoisotopic (exact) mass is 530 g/mol. The summed E-state index contributed by atoms with van der Waals surface area (Å²) in [6.07, 6.45) is 0. The van der Waals surface area contributed by atoms with Crippen LogP contribution in [0.4, 0.5) is 11.4 Å². The Labute approximate surface area is 218 Å². The smallest absolute Gasteiger partial charge is 0.271 e. The molecule has 1 aromatic heterocycles. The van der Waals surface area contributed by atoms with Crippen LogP contribution in [0.15, 0.2) is 47.6 Å². The number of nitrogens with one attached hydrogen (secondary N) is 2. The number of halogens is 1. The predicted molar refractivity (Wildman–Crippen MR) is 139 cm³/mol. The molecule has 3 aromatic rings. The summed E-state index contributed by atoms with van der Waals surface area (Å²) in [5, 5.41) is 26.0. The Morgan fingerprint density at radius 3 is 2.58 bits per heavy atom. The van der Waals surface area contributed by atoms with Crippen molar-refractivity contribution in [1.82, 2.24) is 20.1 Å². The van der Waals surface area contributed by atoms with Gasteiger partial charge in [0.2, 0.25) is 5.91 Å². The summed E-state index contributed by atoms with van der Waals surface area (Å²) in [7, 11) is 0. The first-order valence-corrected chi connectivity index (χ1v) is 12.6. The van der Waals surface area contributed by atoms with Gasteiger partial charge in [0.05, 0.1) is 27.4 Å². The van der Waals surface area contributed by atoms with Crippen molar-refractivity contribution in [3.8, 4) is 0 Å². The van der Waals surface area contributed by atoms with E-state index in [9.17, 15) is 19.7 Å². The fraction of sp³-hybridized carbons (Fsp3) is 0.333. The number of carbonyl (C=O) groups excluding carboxylic acids is 2. The van der Waals surface area contributed by atoms with E-state index in [-0.39, 0.29) is 34.0 Å². The fourth-order valence-corrected chi connectivity index (χ4v) is 4.49. The number of amides is 2. The molecule has 0 aliphatic carbocycles. The number of thioether (sulfide) groups is 1. The van der Waals surface area contributed by atoms with E-state index in [0.717, 1.165) is 5.56 Å². The van der Waals surface area contributed by atoms with Gasteiger partial charge in [-0.1, -0.05) is 54.9 Å². The lowest BCUT2D eigenvalue weighted by Gasteiger charge is -2.22. The maximum atomic E-state index is 12.9. The van der Waals surface area contributed by atoms with Crippen molar-refractivity contribution in [2.24, 2.45) is 5.92 Å². The van der Waals surface area contributed by atoms with Crippen LogP contribution in [0.25, 0.3) is 0 Å². The van der Waals surface area contributed by atoms with Crippen molar-refractivity contribution >= 4 is 46.6 Å². The molecule has 190 valence electrons. The van der Waals surface area contributed by atoms with Crippen molar-refractivity contribution in [2.45, 2.75) is 45.4 Å². The minimum atomic E-state index is -0.561. The SMILES string of the molecule is CCn1c(SCC(=O)Nc2cc([N+](=O)[O-])ccc2Cl)nnc1[C@@H](NC(=O)c1cccc(C)c1)C(C)C. The van der Waals surface area contributed by atoms with Crippen LogP contribution in [0.5, 0.6) is 0 Å². The van der Waals surface area contributed by atoms with E-state index in [0.29, 0.717) is 23.1 Å². The Balaban J connectivity index is 1.73. The Morgan fingerprint density at radius 1 is 1.19 bits per heavy atom. The molecule has 0 unspecified atom stereocenters. The first kappa shape index (κ1) is 27.2. The molecule has 36 heavy (non-hydrogen) atoms. The number of nitro benzene ring substituents is 1. The number of aryl methyl sites for hydroxylation is 1. The molecule has 0 fully saturated rings. The highest BCUT2D eigenvalue weighted by Crippen LogP contribution is 2.28. The number of nitro groups is 1. The molecule has 3 rings (SSSR count). The number of anilines is 1. The molecule has 0 aliphatic heterocycles. The van der Waals surface area contributed by atoms with Crippen LogP contribution in [-0.2, 0) is 11.3 Å². The zero-order valence-electron chi connectivity index (χ0n) is 20.3. The molecule has 10 nitrogen and oxygen atoms in total. The van der Waals surface area contributed by atoms with Gasteiger partial charge in [0.15, 0.2) is 11.0 Å². The molecule has 1 atom stereocenters. The molecule has 12 heteroatoms. The topological polar surface area (TPSA) is 132 Å². The molecule has 1 heterocycles.